The number of rotatable bonds is 4. The Kier molecular flexibility index (Phi) is 4.71. The first kappa shape index (κ1) is 14.0. The molecule has 3 N–H and O–H groups in total. The van der Waals surface area contributed by atoms with Gasteiger partial charge in [-0.2, -0.15) is 0 Å². The van der Waals surface area contributed by atoms with Crippen LogP contribution < -0.4 is 11.1 Å². The van der Waals surface area contributed by atoms with Crippen LogP contribution in [-0.4, -0.2) is 25.0 Å². The van der Waals surface area contributed by atoms with E-state index in [2.05, 4.69) is 10.1 Å². The number of hydrogen-bond acceptors (Lipinski definition) is 4. The smallest absolute Gasteiger partial charge is 0.328 e. The fourth-order valence-corrected chi connectivity index (χ4v) is 1.55. The second-order valence-electron chi connectivity index (χ2n) is 4.15. The van der Waals surface area contributed by atoms with Gasteiger partial charge in [-0.15, -0.1) is 0 Å². The van der Waals surface area contributed by atoms with Crippen LogP contribution in [0.3, 0.4) is 0 Å². The highest BCUT2D eigenvalue weighted by Gasteiger charge is 2.21. The van der Waals surface area contributed by atoms with E-state index in [1.807, 2.05) is 6.07 Å². The molecule has 2 atom stereocenters. The summed E-state index contributed by atoms with van der Waals surface area (Å²) in [6.45, 7) is 3.34. The van der Waals surface area contributed by atoms with E-state index < -0.39 is 12.0 Å². The van der Waals surface area contributed by atoms with Gasteiger partial charge >= 0.3 is 5.97 Å². The number of amides is 1. The number of nitrogens with one attached hydrogen (secondary N) is 1. The largest absolute Gasteiger partial charge is 0.467 e. The van der Waals surface area contributed by atoms with Crippen molar-refractivity contribution in [1.29, 1.82) is 0 Å². The van der Waals surface area contributed by atoms with Crippen LogP contribution in [0.2, 0.25) is 0 Å². The maximum Gasteiger partial charge on any atom is 0.328 e. The maximum atomic E-state index is 11.9. The summed E-state index contributed by atoms with van der Waals surface area (Å²) in [5.74, 6) is -1.08. The lowest BCUT2D eigenvalue weighted by Gasteiger charge is -2.16. The SMILES string of the molecule is COC(=O)C(C)NC(=O)C(C)c1cccc(N)c1. The van der Waals surface area contributed by atoms with Gasteiger partial charge < -0.3 is 15.8 Å². The van der Waals surface area contributed by atoms with Gasteiger partial charge in [0, 0.05) is 5.69 Å². The molecule has 2 unspecified atom stereocenters. The predicted molar refractivity (Wildman–Crippen MR) is 68.9 cm³/mol. The lowest BCUT2D eigenvalue weighted by molar-refractivity contribution is -0.144. The molecule has 0 aromatic heterocycles. The number of carbonyl (C=O) groups is 2. The number of benzene rings is 1. The van der Waals surface area contributed by atoms with Crippen LogP contribution in [-0.2, 0) is 14.3 Å². The third-order valence-electron chi connectivity index (χ3n) is 2.72. The first-order valence-corrected chi connectivity index (χ1v) is 5.69. The number of nitrogen functional groups attached to an aromatic ring is 1. The molecule has 0 heterocycles. The number of methoxy groups -OCH3 is 1. The summed E-state index contributed by atoms with van der Waals surface area (Å²) >= 11 is 0. The summed E-state index contributed by atoms with van der Waals surface area (Å²) in [5.41, 5.74) is 7.08. The molecule has 5 heteroatoms. The molecule has 1 amide bonds. The Morgan fingerprint density at radius 1 is 1.33 bits per heavy atom. The third-order valence-corrected chi connectivity index (χ3v) is 2.72. The molecule has 0 saturated heterocycles. The van der Waals surface area contributed by atoms with Gasteiger partial charge in [-0.1, -0.05) is 12.1 Å². The van der Waals surface area contributed by atoms with Gasteiger partial charge in [-0.3, -0.25) is 4.79 Å². The minimum absolute atomic E-state index is 0.237. The Bertz CT molecular complexity index is 446. The summed E-state index contributed by atoms with van der Waals surface area (Å²) in [4.78, 5) is 23.1. The molecule has 0 saturated carbocycles. The average molecular weight is 250 g/mol. The van der Waals surface area contributed by atoms with Gasteiger partial charge in [-0.25, -0.2) is 4.79 Å². The van der Waals surface area contributed by atoms with Gasteiger partial charge in [0.05, 0.1) is 13.0 Å². The number of nitrogens with two attached hydrogens (primary N) is 1. The Labute approximate surface area is 106 Å². The van der Waals surface area contributed by atoms with E-state index in [0.29, 0.717) is 5.69 Å². The number of hydrogen-bond donors (Lipinski definition) is 2. The molecule has 0 aliphatic carbocycles. The summed E-state index contributed by atoms with van der Waals surface area (Å²) in [6.07, 6.45) is 0. The highest BCUT2D eigenvalue weighted by molar-refractivity contribution is 5.88. The number of esters is 1. The lowest BCUT2D eigenvalue weighted by atomic mass is 9.99. The number of anilines is 1. The summed E-state index contributed by atoms with van der Waals surface area (Å²) < 4.78 is 4.54. The summed E-state index contributed by atoms with van der Waals surface area (Å²) in [7, 11) is 1.28. The van der Waals surface area contributed by atoms with Gasteiger partial charge in [0.2, 0.25) is 5.91 Å². The molecular formula is C13H18N2O3. The van der Waals surface area contributed by atoms with E-state index in [1.54, 1.807) is 32.0 Å². The molecule has 0 bridgehead atoms. The Morgan fingerprint density at radius 3 is 2.56 bits per heavy atom. The van der Waals surface area contributed by atoms with Gasteiger partial charge in [-0.05, 0) is 31.5 Å². The zero-order valence-corrected chi connectivity index (χ0v) is 10.8. The molecule has 1 aromatic carbocycles. The van der Waals surface area contributed by atoms with E-state index in [-0.39, 0.29) is 11.8 Å². The van der Waals surface area contributed by atoms with E-state index >= 15 is 0 Å². The molecule has 0 radical (unpaired) electrons. The second kappa shape index (κ2) is 6.05. The lowest BCUT2D eigenvalue weighted by Crippen LogP contribution is -2.41. The summed E-state index contributed by atoms with van der Waals surface area (Å²) in [6, 6.07) is 6.45. The van der Waals surface area contributed by atoms with E-state index in [1.165, 1.54) is 7.11 Å². The zero-order chi connectivity index (χ0) is 13.7. The maximum absolute atomic E-state index is 11.9. The van der Waals surface area contributed by atoms with Crippen molar-refractivity contribution >= 4 is 17.6 Å². The first-order chi connectivity index (χ1) is 8.45. The van der Waals surface area contributed by atoms with Crippen molar-refractivity contribution in [3.05, 3.63) is 29.8 Å². The fraction of sp³-hybridized carbons (Fsp3) is 0.385. The highest BCUT2D eigenvalue weighted by atomic mass is 16.5. The Balaban J connectivity index is 2.70. The van der Waals surface area contributed by atoms with Crippen LogP contribution >= 0.6 is 0 Å². The van der Waals surface area contributed by atoms with Crippen LogP contribution in [0.1, 0.15) is 25.3 Å². The number of ether oxygens (including phenoxy) is 1. The van der Waals surface area contributed by atoms with Crippen molar-refractivity contribution in [2.45, 2.75) is 25.8 Å². The van der Waals surface area contributed by atoms with Crippen LogP contribution in [0.15, 0.2) is 24.3 Å². The molecule has 1 aromatic rings. The van der Waals surface area contributed by atoms with Gasteiger partial charge in [0.15, 0.2) is 0 Å². The number of carbonyl (C=O) groups excluding carboxylic acids is 2. The van der Waals surface area contributed by atoms with Crippen molar-refractivity contribution in [3.63, 3.8) is 0 Å². The highest BCUT2D eigenvalue weighted by Crippen LogP contribution is 2.17. The quantitative estimate of drug-likeness (QED) is 0.618. The first-order valence-electron chi connectivity index (χ1n) is 5.69. The molecule has 18 heavy (non-hydrogen) atoms. The molecule has 5 nitrogen and oxygen atoms in total. The van der Waals surface area contributed by atoms with Gasteiger partial charge in [0.25, 0.3) is 0 Å². The van der Waals surface area contributed by atoms with E-state index in [9.17, 15) is 9.59 Å². The van der Waals surface area contributed by atoms with Crippen molar-refractivity contribution in [3.8, 4) is 0 Å². The molecule has 0 fully saturated rings. The van der Waals surface area contributed by atoms with Crippen molar-refractivity contribution in [1.82, 2.24) is 5.32 Å². The van der Waals surface area contributed by atoms with Crippen LogP contribution in [0.4, 0.5) is 5.69 Å². The van der Waals surface area contributed by atoms with Crippen molar-refractivity contribution in [2.24, 2.45) is 0 Å². The van der Waals surface area contributed by atoms with Crippen molar-refractivity contribution in [2.75, 3.05) is 12.8 Å². The zero-order valence-electron chi connectivity index (χ0n) is 10.8. The molecular weight excluding hydrogens is 232 g/mol. The Morgan fingerprint density at radius 2 is 2.00 bits per heavy atom. The van der Waals surface area contributed by atoms with Crippen molar-refractivity contribution < 1.29 is 14.3 Å². The van der Waals surface area contributed by atoms with E-state index in [0.717, 1.165) is 5.56 Å². The van der Waals surface area contributed by atoms with Gasteiger partial charge in [0.1, 0.15) is 6.04 Å². The molecule has 98 valence electrons. The average Bonchev–Trinajstić information content (AvgIpc) is 2.36. The van der Waals surface area contributed by atoms with E-state index in [4.69, 9.17) is 5.73 Å². The molecule has 1 rings (SSSR count). The minimum Gasteiger partial charge on any atom is -0.467 e. The van der Waals surface area contributed by atoms with Crippen LogP contribution in [0, 0.1) is 0 Å². The standard InChI is InChI=1S/C13H18N2O3/c1-8(10-5-4-6-11(14)7-10)12(16)15-9(2)13(17)18-3/h4-9H,14H2,1-3H3,(H,15,16). The minimum atomic E-state index is -0.661. The second-order valence-corrected chi connectivity index (χ2v) is 4.15. The monoisotopic (exact) mass is 250 g/mol. The third kappa shape index (κ3) is 3.48. The normalized spacial score (nSPS) is 13.5. The fourth-order valence-electron chi connectivity index (χ4n) is 1.55. The Hall–Kier alpha value is -2.04. The molecule has 0 spiro atoms. The topological polar surface area (TPSA) is 81.4 Å². The molecule has 0 aliphatic heterocycles. The van der Waals surface area contributed by atoms with Crippen LogP contribution in [0.5, 0.6) is 0 Å². The summed E-state index contributed by atoms with van der Waals surface area (Å²) in [5, 5.41) is 2.59. The predicted octanol–water partition coefficient (Wildman–Crippen LogP) is 1.05. The van der Waals surface area contributed by atoms with Crippen LogP contribution in [0.25, 0.3) is 0 Å². The molecule has 0 aliphatic rings.